The van der Waals surface area contributed by atoms with Gasteiger partial charge in [0.2, 0.25) is 0 Å². The van der Waals surface area contributed by atoms with E-state index in [9.17, 15) is 29.1 Å². The highest BCUT2D eigenvalue weighted by Gasteiger charge is 2.50. The number of aliphatic hydroxyl groups is 1. The van der Waals surface area contributed by atoms with Crippen molar-refractivity contribution in [2.75, 3.05) is 6.61 Å². The number of hydrogen-bond acceptors (Lipinski definition) is 10. The van der Waals surface area contributed by atoms with Crippen molar-refractivity contribution in [2.45, 2.75) is 129 Å². The van der Waals surface area contributed by atoms with E-state index in [1.54, 1.807) is 0 Å². The summed E-state index contributed by atoms with van der Waals surface area (Å²) in [5.41, 5.74) is -2.00. The molecular formula is C32H54N4O10Si2. The van der Waals surface area contributed by atoms with Crippen LogP contribution in [0.3, 0.4) is 0 Å². The Bertz CT molecular complexity index is 1650. The number of carbonyl (C=O) groups excluding carboxylic acids is 1. The first kappa shape index (κ1) is 39.7. The van der Waals surface area contributed by atoms with Crippen molar-refractivity contribution in [1.29, 1.82) is 0 Å². The fourth-order valence-electron chi connectivity index (χ4n) is 5.25. The first-order valence-electron chi connectivity index (χ1n) is 16.3. The molecule has 0 spiro atoms. The van der Waals surface area contributed by atoms with E-state index in [2.05, 4.69) is 77.7 Å². The van der Waals surface area contributed by atoms with Gasteiger partial charge in [0.05, 0.1) is 18.8 Å². The van der Waals surface area contributed by atoms with Crippen LogP contribution in [-0.2, 0) is 23.1 Å². The normalized spacial score (nSPS) is 28.2. The SMILES string of the molecule is CC1C(O[Si](C)(C)C(C)(C)C)C(C=O)OC1n1ccc(=O)[nH]c1=O.CC1C(O[Si](C)(C)C(C)(C)C)C(CO)OC1n1ccc(=O)[nH]c1=O. The van der Waals surface area contributed by atoms with Crippen LogP contribution in [0.25, 0.3) is 0 Å². The molecule has 48 heavy (non-hydrogen) atoms. The zero-order valence-corrected chi connectivity index (χ0v) is 32.2. The van der Waals surface area contributed by atoms with E-state index >= 15 is 0 Å². The molecule has 14 nitrogen and oxygen atoms in total. The molecule has 2 aromatic rings. The molecule has 2 aliphatic rings. The molecule has 3 N–H and O–H groups in total. The highest BCUT2D eigenvalue weighted by Crippen LogP contribution is 2.44. The van der Waals surface area contributed by atoms with Gasteiger partial charge in [-0.15, -0.1) is 0 Å². The molecule has 8 atom stereocenters. The minimum Gasteiger partial charge on any atom is -0.411 e. The maximum Gasteiger partial charge on any atom is 0.330 e. The van der Waals surface area contributed by atoms with Crippen LogP contribution in [0.5, 0.6) is 0 Å². The molecule has 0 saturated carbocycles. The molecule has 2 aromatic heterocycles. The molecule has 0 amide bonds. The molecule has 4 rings (SSSR count). The van der Waals surface area contributed by atoms with E-state index in [0.717, 1.165) is 6.29 Å². The number of aromatic nitrogens is 4. The number of H-pyrrole nitrogens is 2. The van der Waals surface area contributed by atoms with Crippen molar-refractivity contribution in [3.8, 4) is 0 Å². The number of carbonyl (C=O) groups is 1. The lowest BCUT2D eigenvalue weighted by molar-refractivity contribution is -0.122. The van der Waals surface area contributed by atoms with E-state index in [-0.39, 0.29) is 34.6 Å². The van der Waals surface area contributed by atoms with Crippen LogP contribution in [-0.4, -0.2) is 78.2 Å². The summed E-state index contributed by atoms with van der Waals surface area (Å²) in [6, 6.07) is 2.54. The highest BCUT2D eigenvalue weighted by atomic mass is 28.4. The van der Waals surface area contributed by atoms with Crippen molar-refractivity contribution in [3.63, 3.8) is 0 Å². The summed E-state index contributed by atoms with van der Waals surface area (Å²) in [6.45, 7) is 25.0. The minimum atomic E-state index is -2.11. The largest absolute Gasteiger partial charge is 0.411 e. The summed E-state index contributed by atoms with van der Waals surface area (Å²) in [5, 5.41) is 9.72. The number of hydrogen-bond donors (Lipinski definition) is 3. The second kappa shape index (κ2) is 14.6. The van der Waals surface area contributed by atoms with E-state index in [1.807, 2.05) is 13.8 Å². The van der Waals surface area contributed by atoms with Crippen molar-refractivity contribution in [3.05, 3.63) is 66.2 Å². The Morgan fingerprint density at radius 2 is 1.17 bits per heavy atom. The van der Waals surface area contributed by atoms with E-state index in [1.165, 1.54) is 33.7 Å². The van der Waals surface area contributed by atoms with Gasteiger partial charge in [0, 0.05) is 36.4 Å². The molecule has 2 aliphatic heterocycles. The van der Waals surface area contributed by atoms with Gasteiger partial charge in [0.15, 0.2) is 22.9 Å². The van der Waals surface area contributed by atoms with Gasteiger partial charge in [0.25, 0.3) is 11.1 Å². The Balaban J connectivity index is 0.000000260. The van der Waals surface area contributed by atoms with Gasteiger partial charge in [0.1, 0.15) is 24.7 Å². The van der Waals surface area contributed by atoms with E-state index < -0.39 is 69.9 Å². The number of rotatable bonds is 8. The minimum absolute atomic E-state index is 0.00688. The Kier molecular flexibility index (Phi) is 12.1. The van der Waals surface area contributed by atoms with E-state index in [4.69, 9.17) is 18.3 Å². The highest BCUT2D eigenvalue weighted by molar-refractivity contribution is 6.74. The van der Waals surface area contributed by atoms with Gasteiger partial charge in [-0.25, -0.2) is 9.59 Å². The third-order valence-corrected chi connectivity index (χ3v) is 19.2. The van der Waals surface area contributed by atoms with Crippen molar-refractivity contribution in [1.82, 2.24) is 19.1 Å². The average Bonchev–Trinajstić information content (AvgIpc) is 3.42. The summed E-state index contributed by atoms with van der Waals surface area (Å²) in [7, 11) is -4.17. The quantitative estimate of drug-likeness (QED) is 0.272. The van der Waals surface area contributed by atoms with Crippen molar-refractivity contribution in [2.24, 2.45) is 11.8 Å². The van der Waals surface area contributed by atoms with Crippen LogP contribution in [0.15, 0.2) is 43.7 Å². The van der Waals surface area contributed by atoms with Crippen LogP contribution in [0.2, 0.25) is 36.3 Å². The van der Waals surface area contributed by atoms with Crippen LogP contribution < -0.4 is 22.5 Å². The van der Waals surface area contributed by atoms with Crippen molar-refractivity contribution < 1.29 is 28.2 Å². The summed E-state index contributed by atoms with van der Waals surface area (Å²) < 4.78 is 27.2. The zero-order chi connectivity index (χ0) is 36.6. The van der Waals surface area contributed by atoms with Gasteiger partial charge in [-0.05, 0) is 36.3 Å². The van der Waals surface area contributed by atoms with Gasteiger partial charge < -0.3 is 28.2 Å². The summed E-state index contributed by atoms with van der Waals surface area (Å²) in [6.07, 6.45) is 0.332. The zero-order valence-electron chi connectivity index (χ0n) is 30.2. The lowest BCUT2D eigenvalue weighted by Gasteiger charge is -2.40. The first-order chi connectivity index (χ1) is 22.0. The lowest BCUT2D eigenvalue weighted by Crippen LogP contribution is -2.48. The molecule has 4 heterocycles. The molecule has 2 fully saturated rings. The third-order valence-electron chi connectivity index (χ3n) is 10.3. The Labute approximate surface area is 283 Å². The predicted octanol–water partition coefficient (Wildman–Crippen LogP) is 3.11. The number of aliphatic hydroxyl groups excluding tert-OH is 1. The maximum atomic E-state index is 12.1. The van der Waals surface area contributed by atoms with Crippen LogP contribution in [0.1, 0.15) is 67.8 Å². The predicted molar refractivity (Wildman–Crippen MR) is 186 cm³/mol. The monoisotopic (exact) mass is 710 g/mol. The number of nitrogens with one attached hydrogen (secondary N) is 2. The molecule has 0 radical (unpaired) electrons. The number of nitrogens with zero attached hydrogens (tertiary/aromatic N) is 2. The Morgan fingerprint density at radius 1 is 0.771 bits per heavy atom. The number of aromatic amines is 2. The fourth-order valence-corrected chi connectivity index (χ4v) is 8.03. The number of aldehydes is 1. The second-order valence-electron chi connectivity index (χ2n) is 15.8. The Morgan fingerprint density at radius 3 is 1.54 bits per heavy atom. The topological polar surface area (TPSA) is 184 Å². The van der Waals surface area contributed by atoms with Gasteiger partial charge in [-0.3, -0.25) is 28.7 Å². The van der Waals surface area contributed by atoms with Gasteiger partial charge >= 0.3 is 11.4 Å². The standard InChI is InChI=1S/C16H28N2O5Si.C16H26N2O5Si/c2*1-10-13(23-24(5,6)16(2,3)4)11(9-19)22-14(10)18-8-7-12(20)17-15(18)21/h7-8,10-11,13-14,19H,9H2,1-6H3,(H,17,20,21);7-11,13-14H,1-6H3,(H,17,20,21). The Hall–Kier alpha value is -2.74. The average molecular weight is 711 g/mol. The molecule has 0 bridgehead atoms. The molecule has 2 saturated heterocycles. The first-order valence-corrected chi connectivity index (χ1v) is 22.1. The molecular weight excluding hydrogens is 657 g/mol. The van der Waals surface area contributed by atoms with Crippen molar-refractivity contribution >= 4 is 22.9 Å². The maximum absolute atomic E-state index is 12.1. The van der Waals surface area contributed by atoms with E-state index in [0.29, 0.717) is 0 Å². The van der Waals surface area contributed by atoms with Gasteiger partial charge in [-0.2, -0.15) is 0 Å². The summed E-state index contributed by atoms with van der Waals surface area (Å²) >= 11 is 0. The molecule has 0 aromatic carbocycles. The van der Waals surface area contributed by atoms with Crippen LogP contribution in [0.4, 0.5) is 0 Å². The smallest absolute Gasteiger partial charge is 0.330 e. The molecule has 8 unspecified atom stereocenters. The second-order valence-corrected chi connectivity index (χ2v) is 25.3. The summed E-state index contributed by atoms with van der Waals surface area (Å²) in [5.74, 6) is -0.349. The van der Waals surface area contributed by atoms with Crippen LogP contribution in [0, 0.1) is 11.8 Å². The summed E-state index contributed by atoms with van der Waals surface area (Å²) in [4.78, 5) is 62.5. The van der Waals surface area contributed by atoms with Gasteiger partial charge in [-0.1, -0.05) is 55.4 Å². The van der Waals surface area contributed by atoms with Crippen LogP contribution >= 0.6 is 0 Å². The number of ether oxygens (including phenoxy) is 2. The lowest BCUT2D eigenvalue weighted by atomic mass is 10.0. The molecule has 270 valence electrons. The third kappa shape index (κ3) is 8.52. The fraction of sp³-hybridized carbons (Fsp3) is 0.719. The molecule has 0 aliphatic carbocycles. The molecule has 16 heteroatoms.